The molecule has 0 saturated heterocycles. The highest BCUT2D eigenvalue weighted by molar-refractivity contribution is 5.68. The largest absolute Gasteiger partial charge is 0.660 e. The van der Waals surface area contributed by atoms with Gasteiger partial charge < -0.3 is 10.3 Å². The van der Waals surface area contributed by atoms with Gasteiger partial charge in [-0.05, 0) is 19.4 Å². The Labute approximate surface area is 122 Å². The van der Waals surface area contributed by atoms with Gasteiger partial charge in [0.05, 0.1) is 5.69 Å². The summed E-state index contributed by atoms with van der Waals surface area (Å²) in [6.07, 6.45) is 1.56. The van der Waals surface area contributed by atoms with Crippen molar-refractivity contribution in [2.24, 2.45) is 7.05 Å². The summed E-state index contributed by atoms with van der Waals surface area (Å²) in [6.45, 7) is 4.69. The second-order valence-corrected chi connectivity index (χ2v) is 5.13. The lowest BCUT2D eigenvalue weighted by Gasteiger charge is -2.03. The molecule has 0 bridgehead atoms. The van der Waals surface area contributed by atoms with E-state index < -0.39 is 0 Å². The summed E-state index contributed by atoms with van der Waals surface area (Å²) in [5.74, 6) is 0.0632. The van der Waals surface area contributed by atoms with Crippen LogP contribution in [0.25, 0.3) is 16.9 Å². The van der Waals surface area contributed by atoms with Gasteiger partial charge in [-0.2, -0.15) is 5.10 Å². The Kier molecular flexibility index (Phi) is 3.21. The van der Waals surface area contributed by atoms with Gasteiger partial charge in [-0.1, -0.05) is 28.9 Å². The van der Waals surface area contributed by atoms with Crippen molar-refractivity contribution in [3.05, 3.63) is 53.1 Å². The summed E-state index contributed by atoms with van der Waals surface area (Å²) in [7, 11) is 1.96. The third-order valence-corrected chi connectivity index (χ3v) is 3.61. The molecule has 6 nitrogen and oxygen atoms in total. The van der Waals surface area contributed by atoms with E-state index >= 15 is 0 Å². The number of nitrogens with zero attached hydrogens (tertiary/aromatic N) is 4. The Bertz CT molecular complexity index is 770. The van der Waals surface area contributed by atoms with Crippen molar-refractivity contribution in [3.63, 3.8) is 0 Å². The molecule has 0 amide bonds. The molecule has 0 unspecified atom stereocenters. The SMILES string of the molecule is Cc1nn(C)c(C)c1-c1ccc(C[n+]2cc([NH-])on2)cc1. The Hall–Kier alpha value is -2.63. The molecule has 1 N–H and O–H groups in total. The van der Waals surface area contributed by atoms with E-state index in [0.717, 1.165) is 22.5 Å². The van der Waals surface area contributed by atoms with Gasteiger partial charge >= 0.3 is 0 Å². The first-order valence-corrected chi connectivity index (χ1v) is 6.72. The molecule has 0 radical (unpaired) electrons. The van der Waals surface area contributed by atoms with Crippen LogP contribution in [0.4, 0.5) is 5.88 Å². The van der Waals surface area contributed by atoms with Crippen LogP contribution in [0, 0.1) is 13.8 Å². The van der Waals surface area contributed by atoms with Gasteiger partial charge in [0.1, 0.15) is 5.88 Å². The number of benzene rings is 1. The normalized spacial score (nSPS) is 11.0. The zero-order chi connectivity index (χ0) is 15.0. The lowest BCUT2D eigenvalue weighted by atomic mass is 10.0. The fourth-order valence-electron chi connectivity index (χ4n) is 2.51. The number of aryl methyl sites for hydroxylation is 2. The molecule has 6 heteroatoms. The van der Waals surface area contributed by atoms with E-state index in [1.807, 2.05) is 18.7 Å². The smallest absolute Gasteiger partial charge is 0.222 e. The lowest BCUT2D eigenvalue weighted by molar-refractivity contribution is -0.754. The maximum Gasteiger partial charge on any atom is 0.222 e. The van der Waals surface area contributed by atoms with Gasteiger partial charge in [-0.25, -0.2) is 0 Å². The van der Waals surface area contributed by atoms with E-state index in [-0.39, 0.29) is 5.88 Å². The molecule has 1 aromatic carbocycles. The number of nitrogens with one attached hydrogen (secondary N) is 1. The Morgan fingerprint density at radius 1 is 1.24 bits per heavy atom. The molecular weight excluding hydrogens is 266 g/mol. The molecule has 0 atom stereocenters. The van der Waals surface area contributed by atoms with Crippen molar-refractivity contribution in [1.82, 2.24) is 15.1 Å². The predicted molar refractivity (Wildman–Crippen MR) is 77.9 cm³/mol. The van der Waals surface area contributed by atoms with E-state index in [0.29, 0.717) is 6.54 Å². The van der Waals surface area contributed by atoms with Crippen LogP contribution >= 0.6 is 0 Å². The lowest BCUT2D eigenvalue weighted by Crippen LogP contribution is -2.34. The average Bonchev–Trinajstić information content (AvgIpc) is 2.96. The number of rotatable bonds is 3. The molecular formula is C15H17N5O. The van der Waals surface area contributed by atoms with Crippen LogP contribution in [0.3, 0.4) is 0 Å². The third kappa shape index (κ3) is 2.52. The van der Waals surface area contributed by atoms with Crippen molar-refractivity contribution in [1.29, 1.82) is 0 Å². The standard InChI is InChI=1S/C15H17N5O/c1-10-15(11(2)19(3)17-10)13-6-4-12(5-7-13)8-20-9-14(16)21-18-20/h4-7,9,16H,8H2,1-3H3. The second kappa shape index (κ2) is 5.05. The first-order chi connectivity index (χ1) is 10.0. The Morgan fingerprint density at radius 3 is 2.48 bits per heavy atom. The molecule has 3 aromatic rings. The summed E-state index contributed by atoms with van der Waals surface area (Å²) in [5.41, 5.74) is 13.0. The van der Waals surface area contributed by atoms with Gasteiger partial charge in [0.15, 0.2) is 5.27 Å². The minimum Gasteiger partial charge on any atom is -0.660 e. The molecule has 0 aliphatic rings. The monoisotopic (exact) mass is 283 g/mol. The van der Waals surface area contributed by atoms with E-state index in [4.69, 9.17) is 10.3 Å². The minimum absolute atomic E-state index is 0.0632. The minimum atomic E-state index is 0.0632. The maximum absolute atomic E-state index is 7.32. The van der Waals surface area contributed by atoms with Gasteiger partial charge in [0.2, 0.25) is 12.7 Å². The predicted octanol–water partition coefficient (Wildman–Crippen LogP) is 2.71. The summed E-state index contributed by atoms with van der Waals surface area (Å²) in [6, 6.07) is 8.31. The fraction of sp³-hybridized carbons (Fsp3) is 0.267. The average molecular weight is 283 g/mol. The molecule has 3 rings (SSSR count). The van der Waals surface area contributed by atoms with Crippen LogP contribution in [-0.2, 0) is 13.6 Å². The highest BCUT2D eigenvalue weighted by Gasteiger charge is 2.12. The first-order valence-electron chi connectivity index (χ1n) is 6.72. The summed E-state index contributed by atoms with van der Waals surface area (Å²) in [5, 5.41) is 8.21. The van der Waals surface area contributed by atoms with Crippen molar-refractivity contribution in [3.8, 4) is 11.1 Å². The van der Waals surface area contributed by atoms with E-state index in [1.54, 1.807) is 10.9 Å². The van der Waals surface area contributed by atoms with Crippen LogP contribution < -0.4 is 4.68 Å². The second-order valence-electron chi connectivity index (χ2n) is 5.13. The van der Waals surface area contributed by atoms with Gasteiger partial charge in [-0.3, -0.25) is 4.68 Å². The number of aromatic nitrogens is 4. The molecule has 0 fully saturated rings. The maximum atomic E-state index is 7.32. The van der Waals surface area contributed by atoms with Crippen molar-refractivity contribution >= 4 is 5.88 Å². The Morgan fingerprint density at radius 2 is 1.95 bits per heavy atom. The molecule has 0 spiro atoms. The summed E-state index contributed by atoms with van der Waals surface area (Å²) >= 11 is 0. The van der Waals surface area contributed by atoms with Gasteiger partial charge in [-0.15, -0.1) is 0 Å². The van der Waals surface area contributed by atoms with Crippen LogP contribution in [0.1, 0.15) is 17.0 Å². The van der Waals surface area contributed by atoms with Crippen LogP contribution in [0.5, 0.6) is 0 Å². The quantitative estimate of drug-likeness (QED) is 0.694. The zero-order valence-electron chi connectivity index (χ0n) is 12.3. The van der Waals surface area contributed by atoms with Gasteiger partial charge in [0.25, 0.3) is 0 Å². The molecule has 108 valence electrons. The Balaban J connectivity index is 1.87. The van der Waals surface area contributed by atoms with Crippen LogP contribution in [0.15, 0.2) is 35.0 Å². The third-order valence-electron chi connectivity index (χ3n) is 3.61. The molecule has 0 aliphatic carbocycles. The van der Waals surface area contributed by atoms with Gasteiger partial charge in [0, 0.05) is 23.9 Å². The highest BCUT2D eigenvalue weighted by atomic mass is 16.5. The van der Waals surface area contributed by atoms with Crippen molar-refractivity contribution in [2.45, 2.75) is 20.4 Å². The van der Waals surface area contributed by atoms with E-state index in [1.165, 1.54) is 5.56 Å². The number of hydrogen-bond donors (Lipinski definition) is 0. The van der Waals surface area contributed by atoms with E-state index in [2.05, 4.69) is 41.6 Å². The zero-order valence-corrected chi connectivity index (χ0v) is 12.3. The molecule has 0 aliphatic heterocycles. The molecule has 21 heavy (non-hydrogen) atoms. The van der Waals surface area contributed by atoms with E-state index in [9.17, 15) is 0 Å². The first kappa shape index (κ1) is 13.4. The molecule has 2 aromatic heterocycles. The highest BCUT2D eigenvalue weighted by Crippen LogP contribution is 2.26. The number of hydrogen-bond acceptors (Lipinski definition) is 3. The van der Waals surface area contributed by atoms with Crippen molar-refractivity contribution < 1.29 is 9.20 Å². The summed E-state index contributed by atoms with van der Waals surface area (Å²) in [4.78, 5) is 0. The van der Waals surface area contributed by atoms with Crippen LogP contribution in [0.2, 0.25) is 0 Å². The summed E-state index contributed by atoms with van der Waals surface area (Å²) < 4.78 is 8.24. The van der Waals surface area contributed by atoms with Crippen molar-refractivity contribution in [2.75, 3.05) is 0 Å². The fourth-order valence-corrected chi connectivity index (χ4v) is 2.51. The molecule has 2 heterocycles. The topological polar surface area (TPSA) is 71.5 Å². The van der Waals surface area contributed by atoms with Crippen LogP contribution in [-0.4, -0.2) is 15.1 Å². The molecule has 0 saturated carbocycles.